The molecule has 1 aliphatic heterocycles. The molecule has 0 bridgehead atoms. The van der Waals surface area contributed by atoms with Crippen LogP contribution in [0.25, 0.3) is 0 Å². The van der Waals surface area contributed by atoms with E-state index in [4.69, 9.17) is 5.73 Å². The van der Waals surface area contributed by atoms with Crippen LogP contribution in [0.5, 0.6) is 0 Å². The molecule has 1 atom stereocenters. The smallest absolute Gasteiger partial charge is 0.238 e. The predicted octanol–water partition coefficient (Wildman–Crippen LogP) is 0.502. The number of nitrogens with two attached hydrogens (primary N) is 1. The number of carbonyl (C=O) groups is 1. The van der Waals surface area contributed by atoms with Crippen LogP contribution in [-0.2, 0) is 4.79 Å². The maximum atomic E-state index is 11.8. The van der Waals surface area contributed by atoms with E-state index in [2.05, 4.69) is 29.0 Å². The van der Waals surface area contributed by atoms with E-state index in [1.54, 1.807) is 0 Å². The number of rotatable bonds is 7. The van der Waals surface area contributed by atoms with Crippen LogP contribution in [-0.4, -0.2) is 66.6 Å². The molecule has 1 aliphatic rings. The Labute approximate surface area is 123 Å². The van der Waals surface area contributed by atoms with Crippen LogP contribution in [0, 0.1) is 5.92 Å². The molecule has 20 heavy (non-hydrogen) atoms. The Kier molecular flexibility index (Phi) is 6.43. The molecule has 0 radical (unpaired) electrons. The van der Waals surface area contributed by atoms with Gasteiger partial charge in [0.25, 0.3) is 0 Å². The first-order valence-electron chi connectivity index (χ1n) is 7.75. The summed E-state index contributed by atoms with van der Waals surface area (Å²) in [5, 5.41) is 3.32. The number of piperazine rings is 1. The largest absolute Gasteiger partial charge is 0.368 e. The number of hydrogen-bond acceptors (Lipinski definition) is 4. The standard InChI is InChI=1S/C15H32N4O/c1-12(2)10-18-6-8-19(9-7-18)11-15(5,14(16)20)17-13(3)4/h12-13,17H,6-11H2,1-5H3,(H2,16,20). The molecule has 5 nitrogen and oxygen atoms in total. The van der Waals surface area contributed by atoms with E-state index in [0.29, 0.717) is 12.5 Å². The molecule has 1 fully saturated rings. The van der Waals surface area contributed by atoms with E-state index in [-0.39, 0.29) is 11.9 Å². The number of nitrogens with one attached hydrogen (secondary N) is 1. The van der Waals surface area contributed by atoms with Crippen molar-refractivity contribution in [1.29, 1.82) is 0 Å². The zero-order valence-electron chi connectivity index (χ0n) is 13.8. The fraction of sp³-hybridized carbons (Fsp3) is 0.933. The minimum atomic E-state index is -0.644. The lowest BCUT2D eigenvalue weighted by Gasteiger charge is -2.40. The second kappa shape index (κ2) is 7.38. The summed E-state index contributed by atoms with van der Waals surface area (Å²) < 4.78 is 0. The maximum absolute atomic E-state index is 11.8. The van der Waals surface area contributed by atoms with Gasteiger partial charge in [-0.15, -0.1) is 0 Å². The molecule has 0 spiro atoms. The highest BCUT2D eigenvalue weighted by atomic mass is 16.1. The van der Waals surface area contributed by atoms with Gasteiger partial charge in [0.2, 0.25) is 5.91 Å². The van der Waals surface area contributed by atoms with Gasteiger partial charge < -0.3 is 16.0 Å². The summed E-state index contributed by atoms with van der Waals surface area (Å²) in [5.74, 6) is 0.441. The molecule has 0 saturated carbocycles. The van der Waals surface area contributed by atoms with Gasteiger partial charge in [0.1, 0.15) is 5.54 Å². The van der Waals surface area contributed by atoms with E-state index in [1.165, 1.54) is 0 Å². The van der Waals surface area contributed by atoms with Gasteiger partial charge in [-0.3, -0.25) is 9.69 Å². The van der Waals surface area contributed by atoms with Gasteiger partial charge in [0.05, 0.1) is 0 Å². The van der Waals surface area contributed by atoms with Gasteiger partial charge in [-0.25, -0.2) is 0 Å². The highest BCUT2D eigenvalue weighted by molar-refractivity contribution is 5.84. The first kappa shape index (κ1) is 17.4. The highest BCUT2D eigenvalue weighted by Crippen LogP contribution is 2.11. The van der Waals surface area contributed by atoms with Gasteiger partial charge in [0, 0.05) is 45.3 Å². The third-order valence-electron chi connectivity index (χ3n) is 3.78. The van der Waals surface area contributed by atoms with Crippen LogP contribution in [0.1, 0.15) is 34.6 Å². The number of carbonyl (C=O) groups excluding carboxylic acids is 1. The summed E-state index contributed by atoms with van der Waals surface area (Å²) in [5.41, 5.74) is 4.95. The molecule has 1 unspecified atom stereocenters. The minimum absolute atomic E-state index is 0.245. The first-order chi connectivity index (χ1) is 9.23. The summed E-state index contributed by atoms with van der Waals surface area (Å²) in [7, 11) is 0. The van der Waals surface area contributed by atoms with Gasteiger partial charge in [-0.05, 0) is 26.7 Å². The van der Waals surface area contributed by atoms with Crippen LogP contribution >= 0.6 is 0 Å². The van der Waals surface area contributed by atoms with E-state index >= 15 is 0 Å². The third kappa shape index (κ3) is 5.38. The lowest BCUT2D eigenvalue weighted by molar-refractivity contribution is -0.125. The number of hydrogen-bond donors (Lipinski definition) is 2. The summed E-state index contributed by atoms with van der Waals surface area (Å²) in [6, 6.07) is 0.245. The van der Waals surface area contributed by atoms with Crippen LogP contribution < -0.4 is 11.1 Å². The van der Waals surface area contributed by atoms with Crippen molar-refractivity contribution < 1.29 is 4.79 Å². The number of primary amides is 1. The van der Waals surface area contributed by atoms with Crippen LogP contribution in [0.15, 0.2) is 0 Å². The summed E-state index contributed by atoms with van der Waals surface area (Å²) in [4.78, 5) is 16.6. The molecule has 0 aliphatic carbocycles. The van der Waals surface area contributed by atoms with Gasteiger partial charge in [0.15, 0.2) is 0 Å². The fourth-order valence-corrected chi connectivity index (χ4v) is 2.93. The lowest BCUT2D eigenvalue weighted by Crippen LogP contribution is -2.63. The van der Waals surface area contributed by atoms with E-state index in [0.717, 1.165) is 32.7 Å². The van der Waals surface area contributed by atoms with E-state index in [1.807, 2.05) is 20.8 Å². The molecule has 3 N–H and O–H groups in total. The predicted molar refractivity (Wildman–Crippen MR) is 83.6 cm³/mol. The van der Waals surface area contributed by atoms with Crippen molar-refractivity contribution in [3.05, 3.63) is 0 Å². The van der Waals surface area contributed by atoms with Gasteiger partial charge >= 0.3 is 0 Å². The normalized spacial score (nSPS) is 21.4. The Morgan fingerprint density at radius 1 is 1.15 bits per heavy atom. The molecule has 118 valence electrons. The topological polar surface area (TPSA) is 61.6 Å². The quantitative estimate of drug-likeness (QED) is 0.715. The SMILES string of the molecule is CC(C)CN1CCN(CC(C)(NC(C)C)C(N)=O)CC1. The van der Waals surface area contributed by atoms with E-state index in [9.17, 15) is 4.79 Å². The average molecular weight is 284 g/mol. The lowest BCUT2D eigenvalue weighted by atomic mass is 9.99. The Balaban J connectivity index is 2.50. The Morgan fingerprint density at radius 2 is 1.65 bits per heavy atom. The minimum Gasteiger partial charge on any atom is -0.368 e. The van der Waals surface area contributed by atoms with Crippen molar-refractivity contribution >= 4 is 5.91 Å². The summed E-state index contributed by atoms with van der Waals surface area (Å²) in [6.07, 6.45) is 0. The van der Waals surface area contributed by atoms with Crippen molar-refractivity contribution in [2.75, 3.05) is 39.3 Å². The average Bonchev–Trinajstić information content (AvgIpc) is 2.29. The summed E-state index contributed by atoms with van der Waals surface area (Å²) >= 11 is 0. The second-order valence-corrected chi connectivity index (χ2v) is 6.97. The molecule has 5 heteroatoms. The van der Waals surface area contributed by atoms with Crippen LogP contribution in [0.3, 0.4) is 0 Å². The van der Waals surface area contributed by atoms with Crippen molar-refractivity contribution in [1.82, 2.24) is 15.1 Å². The zero-order valence-corrected chi connectivity index (χ0v) is 13.8. The molecule has 1 amide bonds. The molecule has 0 aromatic carbocycles. The Morgan fingerprint density at radius 3 is 2.05 bits per heavy atom. The molecular weight excluding hydrogens is 252 g/mol. The van der Waals surface area contributed by atoms with Gasteiger partial charge in [-0.2, -0.15) is 0 Å². The van der Waals surface area contributed by atoms with E-state index < -0.39 is 5.54 Å². The molecule has 1 heterocycles. The third-order valence-corrected chi connectivity index (χ3v) is 3.78. The Hall–Kier alpha value is -0.650. The number of amides is 1. The van der Waals surface area contributed by atoms with Crippen molar-refractivity contribution in [3.8, 4) is 0 Å². The zero-order chi connectivity index (χ0) is 15.3. The maximum Gasteiger partial charge on any atom is 0.238 e. The molecular formula is C15H32N4O. The molecule has 0 aromatic rings. The number of nitrogens with zero attached hydrogens (tertiary/aromatic N) is 2. The monoisotopic (exact) mass is 284 g/mol. The van der Waals surface area contributed by atoms with Crippen molar-refractivity contribution in [2.24, 2.45) is 11.7 Å². The molecule has 0 aromatic heterocycles. The van der Waals surface area contributed by atoms with Crippen molar-refractivity contribution in [3.63, 3.8) is 0 Å². The fourth-order valence-electron chi connectivity index (χ4n) is 2.93. The van der Waals surface area contributed by atoms with Crippen molar-refractivity contribution in [2.45, 2.75) is 46.2 Å². The van der Waals surface area contributed by atoms with Gasteiger partial charge in [-0.1, -0.05) is 13.8 Å². The van der Waals surface area contributed by atoms with Crippen LogP contribution in [0.2, 0.25) is 0 Å². The second-order valence-electron chi connectivity index (χ2n) is 6.97. The molecule has 1 saturated heterocycles. The molecule has 1 rings (SSSR count). The highest BCUT2D eigenvalue weighted by Gasteiger charge is 2.34. The van der Waals surface area contributed by atoms with Crippen LogP contribution in [0.4, 0.5) is 0 Å². The Bertz CT molecular complexity index is 311. The summed E-state index contributed by atoms with van der Waals surface area (Å²) in [6.45, 7) is 16.5. The first-order valence-corrected chi connectivity index (χ1v) is 7.75.